The highest BCUT2D eigenvalue weighted by Gasteiger charge is 2.30. The Labute approximate surface area is 114 Å². The van der Waals surface area contributed by atoms with Crippen molar-refractivity contribution in [3.8, 4) is 0 Å². The molecule has 1 unspecified atom stereocenters. The lowest BCUT2D eigenvalue weighted by Crippen LogP contribution is -2.38. The zero-order valence-electron chi connectivity index (χ0n) is 10.8. The van der Waals surface area contributed by atoms with Gasteiger partial charge in [0.15, 0.2) is 5.76 Å². The quantitative estimate of drug-likeness (QED) is 0.837. The van der Waals surface area contributed by atoms with E-state index in [1.807, 2.05) is 0 Å². The third-order valence-electron chi connectivity index (χ3n) is 3.01. The van der Waals surface area contributed by atoms with Crippen LogP contribution in [-0.2, 0) is 4.74 Å². The number of hydrogen-bond donors (Lipinski definition) is 2. The smallest absolute Gasteiger partial charge is 0.407 e. The second kappa shape index (κ2) is 5.64. The standard InChI is InChI=1S/C12H14N2O6/c1-19-12(18)13-7-4-5-14(6-7)10(15)8-2-3-9(20-8)11(16)17/h2-3,7H,4-6H2,1H3,(H,13,18)(H,16,17). The molecule has 2 N–H and O–H groups in total. The maximum atomic E-state index is 12.1. The Bertz CT molecular complexity index is 538. The number of carboxylic acid groups (broad SMARTS) is 1. The van der Waals surface area contributed by atoms with Crippen LogP contribution < -0.4 is 5.32 Å². The van der Waals surface area contributed by atoms with Gasteiger partial charge in [-0.15, -0.1) is 0 Å². The van der Waals surface area contributed by atoms with E-state index in [1.54, 1.807) is 0 Å². The fourth-order valence-corrected chi connectivity index (χ4v) is 2.01. The molecular weight excluding hydrogens is 268 g/mol. The van der Waals surface area contributed by atoms with Gasteiger partial charge in [0.1, 0.15) is 0 Å². The number of carbonyl (C=O) groups excluding carboxylic acids is 2. The number of hydrogen-bond acceptors (Lipinski definition) is 5. The molecule has 8 heteroatoms. The molecule has 20 heavy (non-hydrogen) atoms. The molecule has 1 aromatic rings. The molecule has 8 nitrogen and oxygen atoms in total. The Morgan fingerprint density at radius 2 is 2.10 bits per heavy atom. The Balaban J connectivity index is 1.96. The minimum Gasteiger partial charge on any atom is -0.475 e. The molecule has 1 atom stereocenters. The largest absolute Gasteiger partial charge is 0.475 e. The molecule has 1 aliphatic heterocycles. The van der Waals surface area contributed by atoms with E-state index in [1.165, 1.54) is 24.1 Å². The number of nitrogens with zero attached hydrogens (tertiary/aromatic N) is 1. The van der Waals surface area contributed by atoms with Crippen LogP contribution in [0.4, 0.5) is 4.79 Å². The highest BCUT2D eigenvalue weighted by Crippen LogP contribution is 2.16. The van der Waals surface area contributed by atoms with E-state index in [0.717, 1.165) is 0 Å². The van der Waals surface area contributed by atoms with Gasteiger partial charge in [0.05, 0.1) is 13.2 Å². The van der Waals surface area contributed by atoms with Crippen molar-refractivity contribution >= 4 is 18.0 Å². The number of likely N-dealkylation sites (tertiary alicyclic amines) is 1. The number of methoxy groups -OCH3 is 1. The van der Waals surface area contributed by atoms with Crippen molar-refractivity contribution < 1.29 is 28.6 Å². The maximum Gasteiger partial charge on any atom is 0.407 e. The van der Waals surface area contributed by atoms with Gasteiger partial charge in [-0.3, -0.25) is 4.79 Å². The molecule has 0 spiro atoms. The van der Waals surface area contributed by atoms with Crippen molar-refractivity contribution in [3.63, 3.8) is 0 Å². The normalized spacial score (nSPS) is 17.9. The first-order chi connectivity index (χ1) is 9.51. The zero-order valence-corrected chi connectivity index (χ0v) is 10.8. The van der Waals surface area contributed by atoms with Gasteiger partial charge in [0.2, 0.25) is 5.76 Å². The summed E-state index contributed by atoms with van der Waals surface area (Å²) in [7, 11) is 1.27. The number of rotatable bonds is 3. The van der Waals surface area contributed by atoms with Crippen LogP contribution in [0, 0.1) is 0 Å². The summed E-state index contributed by atoms with van der Waals surface area (Å²) in [6.07, 6.45) is 0.0586. The third kappa shape index (κ3) is 2.90. The van der Waals surface area contributed by atoms with E-state index in [0.29, 0.717) is 19.5 Å². The van der Waals surface area contributed by atoms with Gasteiger partial charge in [-0.2, -0.15) is 0 Å². The highest BCUT2D eigenvalue weighted by molar-refractivity contribution is 5.93. The lowest BCUT2D eigenvalue weighted by atomic mass is 10.3. The second-order valence-corrected chi connectivity index (χ2v) is 4.34. The molecule has 1 aromatic heterocycles. The van der Waals surface area contributed by atoms with E-state index in [-0.39, 0.29) is 17.6 Å². The van der Waals surface area contributed by atoms with E-state index < -0.39 is 18.0 Å². The van der Waals surface area contributed by atoms with Crippen molar-refractivity contribution in [3.05, 3.63) is 23.7 Å². The van der Waals surface area contributed by atoms with Gasteiger partial charge >= 0.3 is 12.1 Å². The fourth-order valence-electron chi connectivity index (χ4n) is 2.01. The monoisotopic (exact) mass is 282 g/mol. The molecule has 1 aliphatic rings. The first kappa shape index (κ1) is 13.9. The molecule has 108 valence electrons. The predicted octanol–water partition coefficient (Wildman–Crippen LogP) is 0.548. The van der Waals surface area contributed by atoms with Crippen LogP contribution in [0.1, 0.15) is 27.5 Å². The van der Waals surface area contributed by atoms with Gasteiger partial charge in [-0.05, 0) is 18.6 Å². The Morgan fingerprint density at radius 1 is 1.40 bits per heavy atom. The summed E-state index contributed by atoms with van der Waals surface area (Å²) in [5.41, 5.74) is 0. The van der Waals surface area contributed by atoms with Crippen LogP contribution in [-0.4, -0.2) is 54.2 Å². The number of ether oxygens (including phenoxy) is 1. The molecule has 0 aromatic carbocycles. The summed E-state index contributed by atoms with van der Waals surface area (Å²) in [5, 5.41) is 11.3. The van der Waals surface area contributed by atoms with Gasteiger partial charge < -0.3 is 24.5 Å². The SMILES string of the molecule is COC(=O)NC1CCN(C(=O)c2ccc(C(=O)O)o2)C1. The zero-order chi connectivity index (χ0) is 14.7. The van der Waals surface area contributed by atoms with Crippen molar-refractivity contribution in [2.45, 2.75) is 12.5 Å². The van der Waals surface area contributed by atoms with Crippen LogP contribution in [0.25, 0.3) is 0 Å². The Hall–Kier alpha value is -2.51. The van der Waals surface area contributed by atoms with Crippen LogP contribution in [0.2, 0.25) is 0 Å². The van der Waals surface area contributed by atoms with Gasteiger partial charge in [0, 0.05) is 13.1 Å². The summed E-state index contributed by atoms with van der Waals surface area (Å²) in [4.78, 5) is 35.3. The minimum atomic E-state index is -1.23. The Morgan fingerprint density at radius 3 is 2.70 bits per heavy atom. The molecular formula is C12H14N2O6. The molecule has 2 rings (SSSR count). The Kier molecular flexibility index (Phi) is 3.92. The lowest BCUT2D eigenvalue weighted by molar-refractivity contribution is 0.0653. The number of nitrogens with one attached hydrogen (secondary N) is 1. The third-order valence-corrected chi connectivity index (χ3v) is 3.01. The van der Waals surface area contributed by atoms with Crippen LogP contribution in [0.3, 0.4) is 0 Å². The molecule has 2 amide bonds. The summed E-state index contributed by atoms with van der Waals surface area (Å²) >= 11 is 0. The highest BCUT2D eigenvalue weighted by atomic mass is 16.5. The molecule has 1 saturated heterocycles. The van der Waals surface area contributed by atoms with E-state index in [9.17, 15) is 14.4 Å². The van der Waals surface area contributed by atoms with Crippen molar-refractivity contribution in [2.75, 3.05) is 20.2 Å². The first-order valence-corrected chi connectivity index (χ1v) is 5.98. The molecule has 0 saturated carbocycles. The number of amides is 2. The van der Waals surface area contributed by atoms with E-state index >= 15 is 0 Å². The van der Waals surface area contributed by atoms with Gasteiger partial charge in [-0.25, -0.2) is 9.59 Å². The van der Waals surface area contributed by atoms with Crippen LogP contribution in [0.15, 0.2) is 16.5 Å². The fraction of sp³-hybridized carbons (Fsp3) is 0.417. The molecule has 2 heterocycles. The number of furan rings is 1. The topological polar surface area (TPSA) is 109 Å². The minimum absolute atomic E-state index is 0.0267. The van der Waals surface area contributed by atoms with Gasteiger partial charge in [-0.1, -0.05) is 0 Å². The van der Waals surface area contributed by atoms with E-state index in [4.69, 9.17) is 9.52 Å². The second-order valence-electron chi connectivity index (χ2n) is 4.34. The average Bonchev–Trinajstić information content (AvgIpc) is 3.06. The van der Waals surface area contributed by atoms with Crippen molar-refractivity contribution in [1.82, 2.24) is 10.2 Å². The summed E-state index contributed by atoms with van der Waals surface area (Å²) < 4.78 is 9.44. The maximum absolute atomic E-state index is 12.1. The average molecular weight is 282 g/mol. The molecule has 1 fully saturated rings. The first-order valence-electron chi connectivity index (χ1n) is 5.98. The van der Waals surface area contributed by atoms with E-state index in [2.05, 4.69) is 10.1 Å². The molecule has 0 aliphatic carbocycles. The molecule has 0 radical (unpaired) electrons. The number of carboxylic acids is 1. The van der Waals surface area contributed by atoms with Gasteiger partial charge in [0.25, 0.3) is 5.91 Å². The summed E-state index contributed by atoms with van der Waals surface area (Å²) in [5.74, 6) is -1.93. The van der Waals surface area contributed by atoms with Crippen LogP contribution >= 0.6 is 0 Å². The number of carbonyl (C=O) groups is 3. The van der Waals surface area contributed by atoms with Crippen molar-refractivity contribution in [2.24, 2.45) is 0 Å². The lowest BCUT2D eigenvalue weighted by Gasteiger charge is -2.15. The van der Waals surface area contributed by atoms with Crippen LogP contribution in [0.5, 0.6) is 0 Å². The molecule has 0 bridgehead atoms. The number of aromatic carboxylic acids is 1. The van der Waals surface area contributed by atoms with Crippen molar-refractivity contribution in [1.29, 1.82) is 0 Å². The number of alkyl carbamates (subject to hydrolysis) is 1. The predicted molar refractivity (Wildman–Crippen MR) is 65.5 cm³/mol. The summed E-state index contributed by atoms with van der Waals surface area (Å²) in [6, 6.07) is 2.38. The summed E-state index contributed by atoms with van der Waals surface area (Å²) in [6.45, 7) is 0.785.